The Balaban J connectivity index is 1.41. The molecule has 0 radical (unpaired) electrons. The molecule has 4 aliphatic rings. The molecule has 0 aromatic heterocycles. The van der Waals surface area contributed by atoms with Crippen LogP contribution in [-0.2, 0) is 5.41 Å². The van der Waals surface area contributed by atoms with Crippen molar-refractivity contribution in [2.24, 2.45) is 16.7 Å². The lowest BCUT2D eigenvalue weighted by Gasteiger charge is -2.65. The normalized spacial score (nSPS) is 32.2. The van der Waals surface area contributed by atoms with Gasteiger partial charge in [0.2, 0.25) is 0 Å². The third kappa shape index (κ3) is 3.50. The molecule has 2 unspecified atom stereocenters. The van der Waals surface area contributed by atoms with Crippen LogP contribution in [0.3, 0.4) is 0 Å². The van der Waals surface area contributed by atoms with E-state index in [4.69, 9.17) is 5.11 Å². The zero-order valence-electron chi connectivity index (χ0n) is 18.6. The maximum atomic E-state index is 11.4. The van der Waals surface area contributed by atoms with Gasteiger partial charge in [-0.1, -0.05) is 37.8 Å². The molecule has 0 spiro atoms. The summed E-state index contributed by atoms with van der Waals surface area (Å²) in [6.07, 6.45) is 7.99. The highest BCUT2D eigenvalue weighted by Gasteiger charge is 2.60. The highest BCUT2D eigenvalue weighted by molar-refractivity contribution is 6.01. The smallest absolute Gasteiger partial charge is 0.336 e. The second-order valence-electron chi connectivity index (χ2n) is 11.1. The Bertz CT molecular complexity index is 1160. The molecule has 0 aliphatic heterocycles. The standard InChI is InChI=1S/C28H28O4/c1-26-12-20-13-27(2,15-26)17-28(14-20,16-26)21-8-5-18(6-9-21)3-4-19-7-10-22(24(29)30)23(11-19)25(31)32/h5-11,20H,12-17H2,1-2H3,(H,29,30)(H,31,32). The van der Waals surface area contributed by atoms with E-state index in [0.29, 0.717) is 16.4 Å². The van der Waals surface area contributed by atoms with Crippen LogP contribution in [0, 0.1) is 28.6 Å². The third-order valence-corrected chi connectivity index (χ3v) is 7.96. The second-order valence-corrected chi connectivity index (χ2v) is 11.1. The van der Waals surface area contributed by atoms with Crippen LogP contribution in [-0.4, -0.2) is 22.2 Å². The van der Waals surface area contributed by atoms with Crippen LogP contribution >= 0.6 is 0 Å². The van der Waals surface area contributed by atoms with E-state index in [1.54, 1.807) is 6.07 Å². The minimum atomic E-state index is -1.27. The Morgan fingerprint density at radius 2 is 1.34 bits per heavy atom. The van der Waals surface area contributed by atoms with Gasteiger partial charge in [0.15, 0.2) is 0 Å². The molecule has 164 valence electrons. The largest absolute Gasteiger partial charge is 0.478 e. The second kappa shape index (κ2) is 6.97. The molecule has 2 aromatic carbocycles. The van der Waals surface area contributed by atoms with Gasteiger partial charge in [0.1, 0.15) is 0 Å². The number of benzene rings is 2. The van der Waals surface area contributed by atoms with E-state index in [-0.39, 0.29) is 16.5 Å². The maximum absolute atomic E-state index is 11.4. The lowest BCUT2D eigenvalue weighted by atomic mass is 9.39. The number of carboxylic acids is 2. The number of rotatable bonds is 3. The van der Waals surface area contributed by atoms with Crippen molar-refractivity contribution in [3.8, 4) is 11.8 Å². The summed E-state index contributed by atoms with van der Waals surface area (Å²) < 4.78 is 0. The van der Waals surface area contributed by atoms with Gasteiger partial charge >= 0.3 is 11.9 Å². The average molecular weight is 429 g/mol. The van der Waals surface area contributed by atoms with Gasteiger partial charge in [0, 0.05) is 11.1 Å². The van der Waals surface area contributed by atoms with E-state index in [1.807, 2.05) is 0 Å². The summed E-state index contributed by atoms with van der Waals surface area (Å²) in [4.78, 5) is 22.6. The summed E-state index contributed by atoms with van der Waals surface area (Å²) in [5.74, 6) is 4.40. The molecule has 4 nitrogen and oxygen atoms in total. The van der Waals surface area contributed by atoms with Crippen LogP contribution in [0.15, 0.2) is 42.5 Å². The molecular formula is C28H28O4. The lowest BCUT2D eigenvalue weighted by molar-refractivity contribution is -0.110. The van der Waals surface area contributed by atoms with E-state index < -0.39 is 11.9 Å². The van der Waals surface area contributed by atoms with E-state index >= 15 is 0 Å². The highest BCUT2D eigenvalue weighted by atomic mass is 16.4. The van der Waals surface area contributed by atoms with Crippen molar-refractivity contribution in [1.29, 1.82) is 0 Å². The molecule has 0 amide bonds. The summed E-state index contributed by atoms with van der Waals surface area (Å²) in [7, 11) is 0. The molecule has 6 rings (SSSR count). The predicted molar refractivity (Wildman–Crippen MR) is 122 cm³/mol. The van der Waals surface area contributed by atoms with Gasteiger partial charge in [-0.3, -0.25) is 0 Å². The molecule has 0 heterocycles. The van der Waals surface area contributed by atoms with Gasteiger partial charge in [-0.2, -0.15) is 0 Å². The van der Waals surface area contributed by atoms with Crippen molar-refractivity contribution in [2.75, 3.05) is 0 Å². The Labute approximate surface area is 188 Å². The minimum Gasteiger partial charge on any atom is -0.478 e. The number of hydrogen-bond donors (Lipinski definition) is 2. The molecule has 2 aromatic rings. The average Bonchev–Trinajstić information content (AvgIpc) is 2.69. The summed E-state index contributed by atoms with van der Waals surface area (Å²) in [6, 6.07) is 12.8. The summed E-state index contributed by atoms with van der Waals surface area (Å²) in [5, 5.41) is 18.5. The minimum absolute atomic E-state index is 0.231. The Hall–Kier alpha value is -3.06. The topological polar surface area (TPSA) is 74.6 Å². The van der Waals surface area contributed by atoms with Crippen LogP contribution in [0.4, 0.5) is 0 Å². The first kappa shape index (κ1) is 20.8. The fraction of sp³-hybridized carbons (Fsp3) is 0.429. The van der Waals surface area contributed by atoms with E-state index in [1.165, 1.54) is 56.2 Å². The van der Waals surface area contributed by atoms with Crippen LogP contribution in [0.1, 0.15) is 89.8 Å². The Morgan fingerprint density at radius 3 is 1.91 bits per heavy atom. The summed E-state index contributed by atoms with van der Waals surface area (Å²) >= 11 is 0. The van der Waals surface area contributed by atoms with Gasteiger partial charge in [-0.05, 0) is 96.6 Å². The fourth-order valence-electron chi connectivity index (χ4n) is 7.81. The van der Waals surface area contributed by atoms with Crippen LogP contribution in [0.2, 0.25) is 0 Å². The van der Waals surface area contributed by atoms with E-state index in [9.17, 15) is 14.7 Å². The quantitative estimate of drug-likeness (QED) is 0.612. The van der Waals surface area contributed by atoms with Gasteiger partial charge in [0.25, 0.3) is 0 Å². The zero-order chi connectivity index (χ0) is 22.7. The molecule has 32 heavy (non-hydrogen) atoms. The highest BCUT2D eigenvalue weighted by Crippen LogP contribution is 2.69. The summed E-state index contributed by atoms with van der Waals surface area (Å²) in [6.45, 7) is 4.98. The first-order valence-electron chi connectivity index (χ1n) is 11.3. The number of aromatic carboxylic acids is 2. The van der Waals surface area contributed by atoms with Gasteiger partial charge in [-0.15, -0.1) is 0 Å². The maximum Gasteiger partial charge on any atom is 0.336 e. The van der Waals surface area contributed by atoms with Crippen molar-refractivity contribution in [1.82, 2.24) is 0 Å². The molecule has 2 atom stereocenters. The lowest BCUT2D eigenvalue weighted by Crippen LogP contribution is -2.56. The van der Waals surface area contributed by atoms with E-state index in [0.717, 1.165) is 11.5 Å². The Morgan fingerprint density at radius 1 is 0.781 bits per heavy atom. The number of hydrogen-bond acceptors (Lipinski definition) is 2. The van der Waals surface area contributed by atoms with Crippen LogP contribution in [0.25, 0.3) is 0 Å². The number of carbonyl (C=O) groups is 2. The van der Waals surface area contributed by atoms with Crippen molar-refractivity contribution < 1.29 is 19.8 Å². The molecule has 4 fully saturated rings. The van der Waals surface area contributed by atoms with Crippen molar-refractivity contribution in [3.05, 3.63) is 70.3 Å². The monoisotopic (exact) mass is 428 g/mol. The SMILES string of the molecule is CC12CC3CC(C)(C1)CC(c1ccc(C#Cc4ccc(C(=O)O)c(C(=O)O)c4)cc1)(C3)C2. The molecule has 0 saturated heterocycles. The van der Waals surface area contributed by atoms with Crippen LogP contribution < -0.4 is 0 Å². The van der Waals surface area contributed by atoms with Gasteiger partial charge in [-0.25, -0.2) is 9.59 Å². The van der Waals surface area contributed by atoms with Crippen LogP contribution in [0.5, 0.6) is 0 Å². The summed E-state index contributed by atoms with van der Waals surface area (Å²) in [5.41, 5.74) is 3.54. The molecule has 2 N–H and O–H groups in total. The predicted octanol–water partition coefficient (Wildman–Crippen LogP) is 5.73. The first-order valence-corrected chi connectivity index (χ1v) is 11.3. The fourth-order valence-corrected chi connectivity index (χ4v) is 7.81. The molecule has 4 aliphatic carbocycles. The zero-order valence-corrected chi connectivity index (χ0v) is 18.6. The number of carboxylic acid groups (broad SMARTS) is 2. The molecular weight excluding hydrogens is 400 g/mol. The van der Waals surface area contributed by atoms with Gasteiger partial charge in [0.05, 0.1) is 11.1 Å². The third-order valence-electron chi connectivity index (χ3n) is 7.96. The van der Waals surface area contributed by atoms with Crippen molar-refractivity contribution in [3.63, 3.8) is 0 Å². The van der Waals surface area contributed by atoms with E-state index in [2.05, 4.69) is 50.0 Å². The van der Waals surface area contributed by atoms with Gasteiger partial charge < -0.3 is 10.2 Å². The Kier molecular flexibility index (Phi) is 4.53. The first-order chi connectivity index (χ1) is 15.1. The molecule has 4 saturated carbocycles. The van der Waals surface area contributed by atoms with Crippen molar-refractivity contribution in [2.45, 2.75) is 57.8 Å². The van der Waals surface area contributed by atoms with Crippen molar-refractivity contribution >= 4 is 11.9 Å². The molecule has 4 bridgehead atoms. The molecule has 4 heteroatoms.